The van der Waals surface area contributed by atoms with Crippen LogP contribution < -0.4 is 0 Å². The molecule has 0 saturated carbocycles. The van der Waals surface area contributed by atoms with E-state index in [-0.39, 0.29) is 0 Å². The first kappa shape index (κ1) is 14.5. The number of alkyl halides is 1. The molecule has 0 saturated heterocycles. The highest BCUT2D eigenvalue weighted by Crippen LogP contribution is 2.28. The highest BCUT2D eigenvalue weighted by atomic mass is 79.9. The fourth-order valence-corrected chi connectivity index (χ4v) is 2.96. The first-order chi connectivity index (χ1) is 10.0. The van der Waals surface area contributed by atoms with Crippen LogP contribution >= 0.6 is 27.5 Å². The molecule has 0 N–H and O–H groups in total. The van der Waals surface area contributed by atoms with Crippen molar-refractivity contribution in [1.29, 1.82) is 0 Å². The maximum atomic E-state index is 6.10. The zero-order valence-corrected chi connectivity index (χ0v) is 14.5. The minimum atomic E-state index is 0.351. The van der Waals surface area contributed by atoms with Gasteiger partial charge < -0.3 is 0 Å². The fourth-order valence-electron chi connectivity index (χ4n) is 2.55. The summed E-state index contributed by atoms with van der Waals surface area (Å²) in [6.07, 6.45) is 1.81. The van der Waals surface area contributed by atoms with Crippen LogP contribution in [0.1, 0.15) is 22.5 Å². The lowest BCUT2D eigenvalue weighted by Gasteiger charge is -2.11. The third kappa shape index (κ3) is 2.36. The van der Waals surface area contributed by atoms with Gasteiger partial charge in [0.25, 0.3) is 0 Å². The number of hydrogen-bond donors (Lipinski definition) is 0. The summed E-state index contributed by atoms with van der Waals surface area (Å²) in [6, 6.07) is 6.21. The molecule has 108 valence electrons. The highest BCUT2D eigenvalue weighted by Gasteiger charge is 2.15. The second-order valence-corrected chi connectivity index (χ2v) is 6.25. The quantitative estimate of drug-likeness (QED) is 0.609. The van der Waals surface area contributed by atoms with Gasteiger partial charge in [0.2, 0.25) is 0 Å². The molecular formula is C16H15BrClN3. The van der Waals surface area contributed by atoms with Crippen molar-refractivity contribution < 1.29 is 0 Å². The summed E-state index contributed by atoms with van der Waals surface area (Å²) in [6.45, 7) is 6.20. The van der Waals surface area contributed by atoms with E-state index in [1.807, 2.05) is 23.8 Å². The Morgan fingerprint density at radius 1 is 1.14 bits per heavy atom. The van der Waals surface area contributed by atoms with Crippen molar-refractivity contribution in [1.82, 2.24) is 14.5 Å². The SMILES string of the molecule is Cc1cc(-n2c(CCl)nc3c(C)ccnc32)cc(C)c1Br. The van der Waals surface area contributed by atoms with Gasteiger partial charge in [-0.3, -0.25) is 4.57 Å². The third-order valence-electron chi connectivity index (χ3n) is 3.62. The first-order valence-electron chi connectivity index (χ1n) is 6.69. The normalized spacial score (nSPS) is 11.3. The zero-order chi connectivity index (χ0) is 15.1. The van der Waals surface area contributed by atoms with Crippen LogP contribution in [0.3, 0.4) is 0 Å². The van der Waals surface area contributed by atoms with Gasteiger partial charge in [0.1, 0.15) is 11.3 Å². The van der Waals surface area contributed by atoms with Crippen molar-refractivity contribution >= 4 is 38.7 Å². The van der Waals surface area contributed by atoms with E-state index in [1.54, 1.807) is 0 Å². The molecule has 0 aliphatic rings. The minimum absolute atomic E-state index is 0.351. The Kier molecular flexibility index (Phi) is 3.76. The number of rotatable bonds is 2. The number of pyridine rings is 1. The number of halogens is 2. The van der Waals surface area contributed by atoms with Gasteiger partial charge in [0.15, 0.2) is 5.65 Å². The van der Waals surface area contributed by atoms with E-state index in [4.69, 9.17) is 11.6 Å². The first-order valence-corrected chi connectivity index (χ1v) is 8.01. The van der Waals surface area contributed by atoms with Crippen molar-refractivity contribution in [2.24, 2.45) is 0 Å². The summed E-state index contributed by atoms with van der Waals surface area (Å²) in [5.74, 6) is 1.17. The lowest BCUT2D eigenvalue weighted by molar-refractivity contribution is 0.965. The summed E-state index contributed by atoms with van der Waals surface area (Å²) >= 11 is 9.70. The number of hydrogen-bond acceptors (Lipinski definition) is 2. The molecule has 0 amide bonds. The second kappa shape index (κ2) is 5.43. The van der Waals surface area contributed by atoms with E-state index in [1.165, 1.54) is 11.1 Å². The van der Waals surface area contributed by atoms with E-state index < -0.39 is 0 Å². The van der Waals surface area contributed by atoms with Crippen LogP contribution in [-0.4, -0.2) is 14.5 Å². The maximum absolute atomic E-state index is 6.10. The van der Waals surface area contributed by atoms with E-state index in [0.29, 0.717) is 5.88 Å². The van der Waals surface area contributed by atoms with Gasteiger partial charge in [-0.15, -0.1) is 11.6 Å². The van der Waals surface area contributed by atoms with Crippen molar-refractivity contribution in [3.63, 3.8) is 0 Å². The molecule has 0 spiro atoms. The number of aromatic nitrogens is 3. The Hall–Kier alpha value is -1.39. The summed E-state index contributed by atoms with van der Waals surface area (Å²) in [5.41, 5.74) is 6.28. The Balaban J connectivity index is 2.36. The van der Waals surface area contributed by atoms with Crippen LogP contribution in [0.15, 0.2) is 28.9 Å². The molecule has 2 heterocycles. The number of aryl methyl sites for hydroxylation is 3. The number of fused-ring (bicyclic) bond motifs is 1. The molecule has 0 bridgehead atoms. The van der Waals surface area contributed by atoms with Crippen LogP contribution in [-0.2, 0) is 5.88 Å². The Morgan fingerprint density at radius 2 is 1.81 bits per heavy atom. The van der Waals surface area contributed by atoms with Crippen LogP contribution in [0.5, 0.6) is 0 Å². The molecule has 0 radical (unpaired) electrons. The van der Waals surface area contributed by atoms with E-state index >= 15 is 0 Å². The number of imidazole rings is 1. The molecule has 1 aromatic carbocycles. The Bertz CT molecular complexity index is 816. The molecule has 3 nitrogen and oxygen atoms in total. The number of benzene rings is 1. The lowest BCUT2D eigenvalue weighted by atomic mass is 10.1. The Morgan fingerprint density at radius 3 is 2.43 bits per heavy atom. The fraction of sp³-hybridized carbons (Fsp3) is 0.250. The monoisotopic (exact) mass is 363 g/mol. The third-order valence-corrected chi connectivity index (χ3v) is 5.11. The smallest absolute Gasteiger partial charge is 0.164 e. The standard InChI is InChI=1S/C16H15BrClN3/c1-9-4-5-19-16-15(9)20-13(8-18)21(16)12-6-10(2)14(17)11(3)7-12/h4-7H,8H2,1-3H3. The van der Waals surface area contributed by atoms with Gasteiger partial charge in [-0.2, -0.15) is 0 Å². The predicted molar refractivity (Wildman–Crippen MR) is 90.3 cm³/mol. The summed E-state index contributed by atoms with van der Waals surface area (Å²) < 4.78 is 3.18. The van der Waals surface area contributed by atoms with Crippen molar-refractivity contribution in [3.05, 3.63) is 51.4 Å². The molecule has 0 atom stereocenters. The highest BCUT2D eigenvalue weighted by molar-refractivity contribution is 9.10. The van der Waals surface area contributed by atoms with Crippen LogP contribution in [0, 0.1) is 20.8 Å². The predicted octanol–water partition coefficient (Wildman–Crippen LogP) is 4.85. The van der Waals surface area contributed by atoms with Crippen molar-refractivity contribution in [2.75, 3.05) is 0 Å². The molecule has 21 heavy (non-hydrogen) atoms. The van der Waals surface area contributed by atoms with Gasteiger partial charge >= 0.3 is 0 Å². The van der Waals surface area contributed by atoms with Crippen molar-refractivity contribution in [2.45, 2.75) is 26.7 Å². The maximum Gasteiger partial charge on any atom is 0.164 e. The molecule has 3 rings (SSSR count). The van der Waals surface area contributed by atoms with E-state index in [0.717, 1.165) is 32.7 Å². The van der Waals surface area contributed by atoms with Gasteiger partial charge in [0, 0.05) is 16.4 Å². The molecule has 0 fully saturated rings. The van der Waals surface area contributed by atoms with Crippen LogP contribution in [0.25, 0.3) is 16.9 Å². The molecular weight excluding hydrogens is 350 g/mol. The molecule has 0 aliphatic heterocycles. The largest absolute Gasteiger partial charge is 0.280 e. The second-order valence-electron chi connectivity index (χ2n) is 5.19. The molecule has 3 aromatic rings. The zero-order valence-electron chi connectivity index (χ0n) is 12.1. The van der Waals surface area contributed by atoms with Gasteiger partial charge in [-0.25, -0.2) is 9.97 Å². The van der Waals surface area contributed by atoms with Gasteiger partial charge in [-0.05, 0) is 55.7 Å². The average Bonchev–Trinajstić information content (AvgIpc) is 2.84. The van der Waals surface area contributed by atoms with Crippen LogP contribution in [0.2, 0.25) is 0 Å². The number of nitrogens with zero attached hydrogens (tertiary/aromatic N) is 3. The molecule has 5 heteroatoms. The molecule has 0 unspecified atom stereocenters. The average molecular weight is 365 g/mol. The minimum Gasteiger partial charge on any atom is -0.280 e. The topological polar surface area (TPSA) is 30.7 Å². The van der Waals surface area contributed by atoms with E-state index in [9.17, 15) is 0 Å². The summed E-state index contributed by atoms with van der Waals surface area (Å²) in [4.78, 5) is 9.14. The lowest BCUT2D eigenvalue weighted by Crippen LogP contribution is -2.01. The van der Waals surface area contributed by atoms with Gasteiger partial charge in [-0.1, -0.05) is 15.9 Å². The van der Waals surface area contributed by atoms with E-state index in [2.05, 4.69) is 51.9 Å². The Labute approximate surface area is 137 Å². The molecule has 2 aromatic heterocycles. The van der Waals surface area contributed by atoms with Crippen LogP contribution in [0.4, 0.5) is 0 Å². The summed E-state index contributed by atoms with van der Waals surface area (Å²) in [7, 11) is 0. The summed E-state index contributed by atoms with van der Waals surface area (Å²) in [5, 5.41) is 0. The van der Waals surface area contributed by atoms with Crippen molar-refractivity contribution in [3.8, 4) is 5.69 Å². The van der Waals surface area contributed by atoms with Gasteiger partial charge in [0.05, 0.1) is 5.88 Å². The molecule has 0 aliphatic carbocycles.